The van der Waals surface area contributed by atoms with Gasteiger partial charge in [0.05, 0.1) is 10.6 Å². The fourth-order valence-corrected chi connectivity index (χ4v) is 3.09. The molecular weight excluding hydrogens is 351 g/mol. The number of hydrogen-bond donors (Lipinski definition) is 1. The van der Waals surface area contributed by atoms with Gasteiger partial charge in [-0.2, -0.15) is 13.2 Å². The molecule has 23 heavy (non-hydrogen) atoms. The maximum Gasteiger partial charge on any atom is 0.417 e. The van der Waals surface area contributed by atoms with Crippen LogP contribution in [-0.4, -0.2) is 15.3 Å². The Morgan fingerprint density at radius 2 is 2.13 bits per heavy atom. The molecule has 0 aliphatic rings. The predicted octanol–water partition coefficient (Wildman–Crippen LogP) is 4.63. The lowest BCUT2D eigenvalue weighted by Crippen LogP contribution is -2.14. The van der Waals surface area contributed by atoms with E-state index in [1.54, 1.807) is 4.40 Å². The van der Waals surface area contributed by atoms with Crippen LogP contribution < -0.4 is 5.32 Å². The van der Waals surface area contributed by atoms with Crippen molar-refractivity contribution < 1.29 is 18.0 Å². The first kappa shape index (κ1) is 15.8. The average molecular weight is 360 g/mol. The SMILES string of the molecule is Cc1csc2nc(C(=O)Nc3ccc(Cl)c(C(F)(F)F)c3)cn12. The topological polar surface area (TPSA) is 46.4 Å². The van der Waals surface area contributed by atoms with Crippen molar-refractivity contribution in [3.63, 3.8) is 0 Å². The zero-order valence-electron chi connectivity index (χ0n) is 11.6. The molecule has 3 aromatic rings. The molecular formula is C14H9ClF3N3OS. The Kier molecular flexibility index (Phi) is 3.81. The lowest BCUT2D eigenvalue weighted by molar-refractivity contribution is -0.137. The van der Waals surface area contributed by atoms with Crippen LogP contribution in [0.25, 0.3) is 4.96 Å². The molecule has 0 saturated heterocycles. The van der Waals surface area contributed by atoms with Gasteiger partial charge in [0.1, 0.15) is 5.69 Å². The molecule has 0 bridgehead atoms. The number of alkyl halides is 3. The number of halogens is 4. The minimum atomic E-state index is -4.59. The van der Waals surface area contributed by atoms with Gasteiger partial charge in [-0.3, -0.25) is 9.20 Å². The Morgan fingerprint density at radius 1 is 1.39 bits per heavy atom. The average Bonchev–Trinajstić information content (AvgIpc) is 3.02. The summed E-state index contributed by atoms with van der Waals surface area (Å²) in [4.78, 5) is 16.9. The van der Waals surface area contributed by atoms with E-state index in [1.807, 2.05) is 12.3 Å². The van der Waals surface area contributed by atoms with Crippen LogP contribution in [0.5, 0.6) is 0 Å². The van der Waals surface area contributed by atoms with E-state index in [4.69, 9.17) is 11.6 Å². The highest BCUT2D eigenvalue weighted by molar-refractivity contribution is 7.15. The van der Waals surface area contributed by atoms with E-state index in [1.165, 1.54) is 23.6 Å². The third-order valence-corrected chi connectivity index (χ3v) is 4.44. The highest BCUT2D eigenvalue weighted by Gasteiger charge is 2.33. The highest BCUT2D eigenvalue weighted by atomic mass is 35.5. The van der Waals surface area contributed by atoms with Crippen LogP contribution in [-0.2, 0) is 6.18 Å². The third-order valence-electron chi connectivity index (χ3n) is 3.15. The number of aromatic nitrogens is 2. The Balaban J connectivity index is 1.88. The molecule has 4 nitrogen and oxygen atoms in total. The second kappa shape index (κ2) is 5.54. The van der Waals surface area contributed by atoms with Crippen molar-refractivity contribution in [2.75, 3.05) is 5.32 Å². The van der Waals surface area contributed by atoms with E-state index in [9.17, 15) is 18.0 Å². The molecule has 2 aromatic heterocycles. The lowest BCUT2D eigenvalue weighted by Gasteiger charge is -2.11. The zero-order valence-corrected chi connectivity index (χ0v) is 13.2. The molecule has 0 radical (unpaired) electrons. The van der Waals surface area contributed by atoms with E-state index in [0.717, 1.165) is 17.8 Å². The van der Waals surface area contributed by atoms with E-state index in [2.05, 4.69) is 10.3 Å². The van der Waals surface area contributed by atoms with Gasteiger partial charge >= 0.3 is 6.18 Å². The van der Waals surface area contributed by atoms with Gasteiger partial charge in [0.15, 0.2) is 4.96 Å². The molecule has 9 heteroatoms. The number of thiazole rings is 1. The van der Waals surface area contributed by atoms with Crippen molar-refractivity contribution in [1.29, 1.82) is 0 Å². The largest absolute Gasteiger partial charge is 0.417 e. The molecule has 0 atom stereocenters. The van der Waals surface area contributed by atoms with Crippen LogP contribution in [0.4, 0.5) is 18.9 Å². The number of nitrogens with zero attached hydrogens (tertiary/aromatic N) is 2. The van der Waals surface area contributed by atoms with Crippen LogP contribution >= 0.6 is 22.9 Å². The first-order valence-corrected chi connectivity index (χ1v) is 7.63. The summed E-state index contributed by atoms with van der Waals surface area (Å²) < 4.78 is 40.2. The quantitative estimate of drug-likeness (QED) is 0.725. The van der Waals surface area contributed by atoms with Gasteiger partial charge in [-0.25, -0.2) is 4.98 Å². The first-order chi connectivity index (χ1) is 10.8. The number of hydrogen-bond acceptors (Lipinski definition) is 3. The fraction of sp³-hybridized carbons (Fsp3) is 0.143. The number of carbonyl (C=O) groups excluding carboxylic acids is 1. The highest BCUT2D eigenvalue weighted by Crippen LogP contribution is 2.36. The summed E-state index contributed by atoms with van der Waals surface area (Å²) in [5, 5.41) is 3.86. The van der Waals surface area contributed by atoms with Crippen LogP contribution in [0.15, 0.2) is 29.8 Å². The standard InChI is InChI=1S/C14H9ClF3N3OS/c1-7-6-23-13-20-11(5-21(7)13)12(22)19-8-2-3-10(15)9(4-8)14(16,17)18/h2-6H,1H3,(H,19,22). The summed E-state index contributed by atoms with van der Waals surface area (Å²) in [5.74, 6) is -0.587. The summed E-state index contributed by atoms with van der Waals surface area (Å²) in [7, 11) is 0. The molecule has 1 aromatic carbocycles. The van der Waals surface area contributed by atoms with Crippen molar-refractivity contribution in [1.82, 2.24) is 9.38 Å². The third kappa shape index (κ3) is 3.04. The minimum Gasteiger partial charge on any atom is -0.321 e. The number of imidazole rings is 1. The van der Waals surface area contributed by atoms with Gasteiger partial charge in [-0.1, -0.05) is 11.6 Å². The van der Waals surface area contributed by atoms with Crippen LogP contribution in [0.3, 0.4) is 0 Å². The Labute approximate surface area is 137 Å². The number of amides is 1. The Morgan fingerprint density at radius 3 is 2.78 bits per heavy atom. The second-order valence-corrected chi connectivity index (χ2v) is 6.05. The number of rotatable bonds is 2. The number of carbonyl (C=O) groups is 1. The number of nitrogens with one attached hydrogen (secondary N) is 1. The fourth-order valence-electron chi connectivity index (χ4n) is 2.02. The van der Waals surface area contributed by atoms with Gasteiger partial charge in [0.2, 0.25) is 0 Å². The van der Waals surface area contributed by atoms with Crippen molar-refractivity contribution in [2.45, 2.75) is 13.1 Å². The Bertz CT molecular complexity index is 900. The van der Waals surface area contributed by atoms with Crippen LogP contribution in [0, 0.1) is 6.92 Å². The molecule has 1 N–H and O–H groups in total. The van der Waals surface area contributed by atoms with Crippen LogP contribution in [0.1, 0.15) is 21.7 Å². The molecule has 0 saturated carbocycles. The predicted molar refractivity (Wildman–Crippen MR) is 82.2 cm³/mol. The smallest absolute Gasteiger partial charge is 0.321 e. The summed E-state index contributed by atoms with van der Waals surface area (Å²) in [6.45, 7) is 1.86. The summed E-state index contributed by atoms with van der Waals surface area (Å²) in [6, 6.07) is 3.19. The van der Waals surface area contributed by atoms with Crippen molar-refractivity contribution in [3.05, 3.63) is 51.7 Å². The molecule has 0 unspecified atom stereocenters. The summed E-state index contributed by atoms with van der Waals surface area (Å²) in [5.41, 5.74) is 0.0456. The van der Waals surface area contributed by atoms with Gasteiger partial charge in [0, 0.05) is 23.0 Å². The maximum atomic E-state index is 12.8. The molecule has 0 aliphatic carbocycles. The van der Waals surface area contributed by atoms with Gasteiger partial charge in [-0.05, 0) is 25.1 Å². The van der Waals surface area contributed by atoms with Gasteiger partial charge < -0.3 is 5.32 Å². The molecule has 120 valence electrons. The summed E-state index contributed by atoms with van der Waals surface area (Å²) >= 11 is 6.92. The molecule has 2 heterocycles. The van der Waals surface area contributed by atoms with Gasteiger partial charge in [0.25, 0.3) is 5.91 Å². The van der Waals surface area contributed by atoms with Crippen molar-refractivity contribution >= 4 is 39.5 Å². The lowest BCUT2D eigenvalue weighted by atomic mass is 10.2. The van der Waals surface area contributed by atoms with Crippen molar-refractivity contribution in [3.8, 4) is 0 Å². The second-order valence-electron chi connectivity index (χ2n) is 4.80. The number of benzene rings is 1. The van der Waals surface area contributed by atoms with Crippen molar-refractivity contribution in [2.24, 2.45) is 0 Å². The number of anilines is 1. The maximum absolute atomic E-state index is 12.8. The monoisotopic (exact) mass is 359 g/mol. The van der Waals surface area contributed by atoms with E-state index >= 15 is 0 Å². The normalized spacial score (nSPS) is 11.9. The van der Waals surface area contributed by atoms with E-state index < -0.39 is 22.7 Å². The molecule has 1 amide bonds. The molecule has 3 rings (SSSR count). The minimum absolute atomic E-state index is 0.000184. The Hall–Kier alpha value is -2.06. The molecule has 0 aliphatic heterocycles. The number of fused-ring (bicyclic) bond motifs is 1. The van der Waals surface area contributed by atoms with E-state index in [0.29, 0.717) is 4.96 Å². The van der Waals surface area contributed by atoms with Crippen LogP contribution in [0.2, 0.25) is 5.02 Å². The number of aryl methyl sites for hydroxylation is 1. The first-order valence-electron chi connectivity index (χ1n) is 6.37. The zero-order chi connectivity index (χ0) is 16.8. The molecule has 0 fully saturated rings. The van der Waals surface area contributed by atoms with Gasteiger partial charge in [-0.15, -0.1) is 11.3 Å². The molecule has 0 spiro atoms. The van der Waals surface area contributed by atoms with E-state index in [-0.39, 0.29) is 11.4 Å². The summed E-state index contributed by atoms with van der Waals surface area (Å²) in [6.07, 6.45) is -3.05.